The highest BCUT2D eigenvalue weighted by atomic mass is 16.3. The number of nitrogens with zero attached hydrogens (tertiary/aromatic N) is 1. The summed E-state index contributed by atoms with van der Waals surface area (Å²) in [6.45, 7) is -0.262. The molecule has 0 radical (unpaired) electrons. The first-order valence-electron chi connectivity index (χ1n) is 11.8. The fraction of sp³-hybridized carbons (Fsp3) is 0.625. The van der Waals surface area contributed by atoms with Crippen LogP contribution in [0, 0.1) is 0 Å². The van der Waals surface area contributed by atoms with Gasteiger partial charge in [-0.25, -0.2) is 0 Å². The Hall–Kier alpha value is -2.45. The molecule has 12 nitrogen and oxygen atoms in total. The number of carbonyl (C=O) groups is 2. The van der Waals surface area contributed by atoms with Crippen LogP contribution in [0.5, 0.6) is 0 Å². The van der Waals surface area contributed by atoms with Crippen molar-refractivity contribution in [3.8, 4) is 0 Å². The van der Waals surface area contributed by atoms with Crippen molar-refractivity contribution in [2.75, 3.05) is 52.8 Å². The Bertz CT molecular complexity index is 951. The maximum Gasteiger partial charge on any atom is 0.251 e. The van der Waals surface area contributed by atoms with Crippen LogP contribution in [0.2, 0.25) is 0 Å². The van der Waals surface area contributed by atoms with E-state index in [9.17, 15) is 45.3 Å². The number of nitrogens with one attached hydrogen (secondary N) is 2. The molecule has 0 bridgehead atoms. The lowest BCUT2D eigenvalue weighted by Crippen LogP contribution is -2.57. The predicted molar refractivity (Wildman–Crippen MR) is 129 cm³/mol. The molecule has 0 saturated carbocycles. The quantitative estimate of drug-likeness (QED) is 0.117. The largest absolute Gasteiger partial charge is 0.395 e. The van der Waals surface area contributed by atoms with Crippen LogP contribution >= 0.6 is 0 Å². The smallest absolute Gasteiger partial charge is 0.251 e. The van der Waals surface area contributed by atoms with Crippen LogP contribution in [0.25, 0.3) is 0 Å². The van der Waals surface area contributed by atoms with E-state index in [1.54, 1.807) is 24.5 Å². The van der Waals surface area contributed by atoms with Crippen molar-refractivity contribution in [3.05, 3.63) is 29.3 Å². The molecule has 1 aromatic rings. The Labute approximate surface area is 209 Å². The van der Waals surface area contributed by atoms with E-state index >= 15 is 0 Å². The van der Waals surface area contributed by atoms with E-state index in [-0.39, 0.29) is 18.5 Å². The first-order chi connectivity index (χ1) is 17.1. The lowest BCUT2D eigenvalue weighted by atomic mass is 9.79. The van der Waals surface area contributed by atoms with E-state index in [2.05, 4.69) is 10.6 Å². The predicted octanol–water partition coefficient (Wildman–Crippen LogP) is -2.89. The monoisotopic (exact) mass is 512 g/mol. The molecule has 0 atom stereocenters. The van der Waals surface area contributed by atoms with Crippen LogP contribution in [-0.2, 0) is 10.2 Å². The highest BCUT2D eigenvalue weighted by Crippen LogP contribution is 2.40. The molecule has 1 aliphatic rings. The lowest BCUT2D eigenvalue weighted by molar-refractivity contribution is -0.438. The lowest BCUT2D eigenvalue weighted by Gasteiger charge is -2.29. The normalized spacial score (nSPS) is 15.1. The summed E-state index contributed by atoms with van der Waals surface area (Å²) < 4.78 is 1.76. The second kappa shape index (κ2) is 12.2. The summed E-state index contributed by atoms with van der Waals surface area (Å²) in [6, 6.07) is 4.57. The number of hydrogen-bond donors (Lipinski definition) is 9. The molecule has 12 heteroatoms. The van der Waals surface area contributed by atoms with Gasteiger partial charge in [0.1, 0.15) is 11.0 Å². The molecule has 2 rings (SSSR count). The fourth-order valence-electron chi connectivity index (χ4n) is 4.26. The van der Waals surface area contributed by atoms with Gasteiger partial charge in [0.2, 0.25) is 11.6 Å². The summed E-state index contributed by atoms with van der Waals surface area (Å²) in [4.78, 5) is 25.4. The molecule has 0 spiro atoms. The zero-order valence-corrected chi connectivity index (χ0v) is 20.7. The standard InChI is InChI=1S/C24H37N3O9/c1-3-22(9-28,10-29)25-20(35)6-7-27-16(2)24(14-33,15-34)18-8-17(4-5-19(18)27)21(36)26-23(11-30,12-31)13-32/h4-5,8,28-34H,3,6-7,9-15H2,1-2H3,(H-,25,26,35,36)/p+1. The molecule has 1 aliphatic heterocycles. The molecule has 0 aliphatic carbocycles. The van der Waals surface area contributed by atoms with Crippen molar-refractivity contribution in [3.63, 3.8) is 0 Å². The third-order valence-corrected chi connectivity index (χ3v) is 7.24. The summed E-state index contributed by atoms with van der Waals surface area (Å²) >= 11 is 0. The molecule has 1 aromatic carbocycles. The second-order valence-electron chi connectivity index (χ2n) is 9.32. The van der Waals surface area contributed by atoms with Crippen LogP contribution < -0.4 is 10.6 Å². The number of fused-ring (bicyclic) bond motifs is 1. The van der Waals surface area contributed by atoms with Crippen LogP contribution in [0.15, 0.2) is 18.2 Å². The maximum atomic E-state index is 12.8. The van der Waals surface area contributed by atoms with Crippen LogP contribution in [0.1, 0.15) is 42.6 Å². The minimum Gasteiger partial charge on any atom is -0.395 e. The van der Waals surface area contributed by atoms with Gasteiger partial charge in [0.15, 0.2) is 12.3 Å². The minimum atomic E-state index is -1.63. The molecule has 0 aromatic heterocycles. The molecule has 9 N–H and O–H groups in total. The molecule has 0 saturated heterocycles. The second-order valence-corrected chi connectivity index (χ2v) is 9.32. The molecular weight excluding hydrogens is 474 g/mol. The maximum absolute atomic E-state index is 12.8. The van der Waals surface area contributed by atoms with Gasteiger partial charge in [0.05, 0.1) is 58.2 Å². The summed E-state index contributed by atoms with van der Waals surface area (Å²) in [5, 5.41) is 73.3. The zero-order valence-electron chi connectivity index (χ0n) is 20.7. The molecule has 2 amide bonds. The SMILES string of the molecule is CCC(CO)(CO)NC(=O)CC[N+]1=C(C)C(CO)(CO)c2cc(C(=O)NC(CO)(CO)CO)ccc21. The van der Waals surface area contributed by atoms with Gasteiger partial charge in [-0.05, 0) is 18.6 Å². The summed E-state index contributed by atoms with van der Waals surface area (Å²) in [5.41, 5.74) is -2.28. The fourth-order valence-corrected chi connectivity index (χ4v) is 4.26. The number of carbonyl (C=O) groups excluding carboxylic acids is 2. The highest BCUT2D eigenvalue weighted by Gasteiger charge is 2.50. The van der Waals surface area contributed by atoms with E-state index < -0.39 is 74.6 Å². The molecular formula is C24H38N3O9+. The van der Waals surface area contributed by atoms with Gasteiger partial charge in [0, 0.05) is 24.1 Å². The number of hydrogen-bond acceptors (Lipinski definition) is 9. The van der Waals surface area contributed by atoms with Gasteiger partial charge in [-0.1, -0.05) is 6.92 Å². The Morgan fingerprint density at radius 1 is 0.889 bits per heavy atom. The van der Waals surface area contributed by atoms with Crippen molar-refractivity contribution in [2.45, 2.75) is 43.2 Å². The van der Waals surface area contributed by atoms with Crippen LogP contribution in [0.4, 0.5) is 5.69 Å². The topological polar surface area (TPSA) is 203 Å². The number of amides is 2. The van der Waals surface area contributed by atoms with Crippen LogP contribution in [-0.4, -0.2) is 122 Å². The summed E-state index contributed by atoms with van der Waals surface area (Å²) in [7, 11) is 0. The molecule has 0 fully saturated rings. The highest BCUT2D eigenvalue weighted by molar-refractivity contribution is 5.99. The zero-order chi connectivity index (χ0) is 27.1. The third kappa shape index (κ3) is 5.44. The van der Waals surface area contributed by atoms with Gasteiger partial charge in [-0.15, -0.1) is 0 Å². The van der Waals surface area contributed by atoms with E-state index in [1.165, 1.54) is 12.1 Å². The molecule has 202 valence electrons. The van der Waals surface area contributed by atoms with E-state index in [4.69, 9.17) is 0 Å². The first kappa shape index (κ1) is 29.8. The van der Waals surface area contributed by atoms with Gasteiger partial charge in [-0.3, -0.25) is 9.59 Å². The first-order valence-corrected chi connectivity index (χ1v) is 11.8. The summed E-state index contributed by atoms with van der Waals surface area (Å²) in [6.07, 6.45) is 0.316. The van der Waals surface area contributed by atoms with Crippen molar-refractivity contribution in [1.82, 2.24) is 10.6 Å². The van der Waals surface area contributed by atoms with Crippen molar-refractivity contribution < 1.29 is 49.9 Å². The molecule has 1 heterocycles. The van der Waals surface area contributed by atoms with E-state index in [0.717, 1.165) is 0 Å². The number of benzene rings is 1. The Morgan fingerprint density at radius 2 is 1.44 bits per heavy atom. The van der Waals surface area contributed by atoms with E-state index in [0.29, 0.717) is 23.4 Å². The van der Waals surface area contributed by atoms with Gasteiger partial charge < -0.3 is 46.4 Å². The molecule has 36 heavy (non-hydrogen) atoms. The minimum absolute atomic E-state index is 0.0142. The average Bonchev–Trinajstić information content (AvgIpc) is 3.15. The van der Waals surface area contributed by atoms with Crippen molar-refractivity contribution >= 4 is 23.2 Å². The van der Waals surface area contributed by atoms with Gasteiger partial charge in [-0.2, -0.15) is 4.58 Å². The molecule has 0 unspecified atom stereocenters. The third-order valence-electron chi connectivity index (χ3n) is 7.24. The summed E-state index contributed by atoms with van der Waals surface area (Å²) in [5.74, 6) is -1.08. The van der Waals surface area contributed by atoms with Crippen molar-refractivity contribution in [2.24, 2.45) is 0 Å². The Balaban J connectivity index is 2.37. The van der Waals surface area contributed by atoms with E-state index in [1.807, 2.05) is 0 Å². The van der Waals surface area contributed by atoms with Crippen molar-refractivity contribution in [1.29, 1.82) is 0 Å². The van der Waals surface area contributed by atoms with Gasteiger partial charge >= 0.3 is 0 Å². The Morgan fingerprint density at radius 3 is 1.92 bits per heavy atom. The number of aliphatic hydroxyl groups is 7. The Kier molecular flexibility index (Phi) is 10.1. The van der Waals surface area contributed by atoms with Crippen LogP contribution in [0.3, 0.4) is 0 Å². The average molecular weight is 513 g/mol. The number of rotatable bonds is 14. The van der Waals surface area contributed by atoms with Gasteiger partial charge in [0.25, 0.3) is 5.91 Å². The number of aliphatic hydroxyl groups excluding tert-OH is 7.